The quantitative estimate of drug-likeness (QED) is 0.415. The van der Waals surface area contributed by atoms with Crippen LogP contribution in [0.2, 0.25) is 0 Å². The van der Waals surface area contributed by atoms with Crippen LogP contribution in [0.5, 0.6) is 5.75 Å². The first-order valence-electron chi connectivity index (χ1n) is 3.37. The number of para-hydroxylation sites is 1. The van der Waals surface area contributed by atoms with Crippen molar-refractivity contribution in [2.24, 2.45) is 0 Å². The van der Waals surface area contributed by atoms with Gasteiger partial charge in [-0.15, -0.1) is 0 Å². The third-order valence-electron chi connectivity index (χ3n) is 1.12. The fourth-order valence-electron chi connectivity index (χ4n) is 0.677. The summed E-state index contributed by atoms with van der Waals surface area (Å²) in [6, 6.07) is 8.83. The SMILES string of the molecule is C=CO[PH](=O)Oc1ccccc1.[LiH]. The Hall–Kier alpha value is -0.613. The second-order valence-corrected chi connectivity index (χ2v) is 2.89. The molecule has 1 atom stereocenters. The summed E-state index contributed by atoms with van der Waals surface area (Å²) < 4.78 is 20.3. The van der Waals surface area contributed by atoms with E-state index < -0.39 is 8.25 Å². The van der Waals surface area contributed by atoms with Gasteiger partial charge in [-0.3, -0.25) is 0 Å². The molecule has 0 saturated carbocycles. The number of hydrogen-bond donors (Lipinski definition) is 0. The van der Waals surface area contributed by atoms with Crippen molar-refractivity contribution in [1.29, 1.82) is 0 Å². The van der Waals surface area contributed by atoms with E-state index in [1.807, 2.05) is 6.07 Å². The van der Waals surface area contributed by atoms with E-state index in [0.29, 0.717) is 5.75 Å². The van der Waals surface area contributed by atoms with Crippen LogP contribution in [0.15, 0.2) is 43.2 Å². The van der Waals surface area contributed by atoms with Gasteiger partial charge in [-0.2, -0.15) is 0 Å². The molecule has 13 heavy (non-hydrogen) atoms. The first kappa shape index (κ1) is 12.4. The normalized spacial score (nSPS) is 10.8. The summed E-state index contributed by atoms with van der Waals surface area (Å²) in [6.45, 7) is 3.27. The monoisotopic (exact) mass is 192 g/mol. The zero-order valence-corrected chi connectivity index (χ0v) is 7.40. The van der Waals surface area contributed by atoms with Crippen LogP contribution >= 0.6 is 8.25 Å². The summed E-state index contributed by atoms with van der Waals surface area (Å²) >= 11 is 0. The van der Waals surface area contributed by atoms with Crippen LogP contribution in [0, 0.1) is 0 Å². The predicted octanol–water partition coefficient (Wildman–Crippen LogP) is 1.97. The third-order valence-corrected chi connectivity index (χ3v) is 1.89. The third kappa shape index (κ3) is 4.85. The average molecular weight is 192 g/mol. The van der Waals surface area contributed by atoms with Gasteiger partial charge in [-0.05, 0) is 12.1 Å². The Morgan fingerprint density at radius 1 is 1.31 bits per heavy atom. The second kappa shape index (κ2) is 6.86. The molecule has 5 heteroatoms. The van der Waals surface area contributed by atoms with Gasteiger partial charge >= 0.3 is 27.1 Å². The van der Waals surface area contributed by atoms with E-state index in [4.69, 9.17) is 4.52 Å². The molecule has 66 valence electrons. The van der Waals surface area contributed by atoms with Gasteiger partial charge < -0.3 is 9.05 Å². The summed E-state index contributed by atoms with van der Waals surface area (Å²) in [7, 11) is -2.46. The molecule has 0 radical (unpaired) electrons. The molecule has 0 spiro atoms. The molecule has 0 aliphatic rings. The van der Waals surface area contributed by atoms with Crippen LogP contribution in [0.1, 0.15) is 0 Å². The Kier molecular flexibility index (Phi) is 6.53. The van der Waals surface area contributed by atoms with Gasteiger partial charge in [0.05, 0.1) is 6.26 Å². The molecule has 0 bridgehead atoms. The molecule has 0 aliphatic heterocycles. The van der Waals surface area contributed by atoms with Crippen molar-refractivity contribution in [3.8, 4) is 5.75 Å². The average Bonchev–Trinajstić information content (AvgIpc) is 2.06. The number of benzene rings is 1. The topological polar surface area (TPSA) is 35.5 Å². The molecule has 0 aliphatic carbocycles. The van der Waals surface area contributed by atoms with E-state index in [2.05, 4.69) is 11.1 Å². The van der Waals surface area contributed by atoms with Crippen LogP contribution in [0.25, 0.3) is 0 Å². The molecule has 3 nitrogen and oxygen atoms in total. The Balaban J connectivity index is 0.00000144. The zero-order valence-electron chi connectivity index (χ0n) is 6.40. The maximum atomic E-state index is 10.9. The van der Waals surface area contributed by atoms with Crippen LogP contribution in [-0.2, 0) is 9.09 Å². The molecule has 0 amide bonds. The van der Waals surface area contributed by atoms with Gasteiger partial charge in [0.2, 0.25) is 0 Å². The minimum absolute atomic E-state index is 0. The Bertz CT molecular complexity index is 276. The van der Waals surface area contributed by atoms with E-state index >= 15 is 0 Å². The summed E-state index contributed by atoms with van der Waals surface area (Å²) in [5, 5.41) is 0. The van der Waals surface area contributed by atoms with Gasteiger partial charge in [-0.1, -0.05) is 24.8 Å². The predicted molar refractivity (Wildman–Crippen MR) is 54.5 cm³/mol. The van der Waals surface area contributed by atoms with Gasteiger partial charge in [0.25, 0.3) is 0 Å². The van der Waals surface area contributed by atoms with Crippen molar-refractivity contribution in [3.63, 3.8) is 0 Å². The van der Waals surface area contributed by atoms with Gasteiger partial charge in [0.15, 0.2) is 0 Å². The summed E-state index contributed by atoms with van der Waals surface area (Å²) in [5.41, 5.74) is 0. The summed E-state index contributed by atoms with van der Waals surface area (Å²) in [5.74, 6) is 0.531. The van der Waals surface area contributed by atoms with E-state index in [-0.39, 0.29) is 18.9 Å². The molecule has 0 fully saturated rings. The zero-order chi connectivity index (χ0) is 8.81. The van der Waals surface area contributed by atoms with Gasteiger partial charge in [0, 0.05) is 0 Å². The van der Waals surface area contributed by atoms with Gasteiger partial charge in [-0.25, -0.2) is 4.57 Å². The summed E-state index contributed by atoms with van der Waals surface area (Å²) in [4.78, 5) is 0. The van der Waals surface area contributed by atoms with Crippen LogP contribution in [0.3, 0.4) is 0 Å². The van der Waals surface area contributed by atoms with Crippen LogP contribution in [-0.4, -0.2) is 18.9 Å². The maximum absolute atomic E-state index is 10.9. The molecular formula is C8H10LiO3P. The van der Waals surface area contributed by atoms with Crippen molar-refractivity contribution < 1.29 is 13.6 Å². The van der Waals surface area contributed by atoms with Crippen molar-refractivity contribution >= 4 is 27.1 Å². The minimum atomic E-state index is -2.46. The number of rotatable bonds is 4. The van der Waals surface area contributed by atoms with E-state index in [9.17, 15) is 4.57 Å². The molecular weight excluding hydrogens is 182 g/mol. The molecule has 1 unspecified atom stereocenters. The molecule has 1 aromatic carbocycles. The van der Waals surface area contributed by atoms with Crippen molar-refractivity contribution in [1.82, 2.24) is 0 Å². The molecule has 1 rings (SSSR count). The van der Waals surface area contributed by atoms with Crippen molar-refractivity contribution in [3.05, 3.63) is 43.2 Å². The fourth-order valence-corrected chi connectivity index (χ4v) is 1.19. The first-order valence-corrected chi connectivity index (χ1v) is 4.60. The van der Waals surface area contributed by atoms with Crippen LogP contribution < -0.4 is 4.52 Å². The standard InChI is InChI=1S/C8H9O3P.Li.H/c1-2-10-12(9)11-8-6-4-3-5-7-8;;/h2-7,12H,1H2;;. The Labute approximate surface area is 89.9 Å². The first-order chi connectivity index (χ1) is 5.83. The second-order valence-electron chi connectivity index (χ2n) is 1.95. The van der Waals surface area contributed by atoms with Crippen LogP contribution in [0.4, 0.5) is 0 Å². The molecule has 0 heterocycles. The van der Waals surface area contributed by atoms with Crippen molar-refractivity contribution in [2.45, 2.75) is 0 Å². The van der Waals surface area contributed by atoms with Crippen molar-refractivity contribution in [2.75, 3.05) is 0 Å². The summed E-state index contributed by atoms with van der Waals surface area (Å²) in [6.07, 6.45) is 1.10. The number of hydrogen-bond acceptors (Lipinski definition) is 3. The van der Waals surface area contributed by atoms with Gasteiger partial charge in [0.1, 0.15) is 5.75 Å². The molecule has 0 aromatic heterocycles. The van der Waals surface area contributed by atoms with E-state index in [0.717, 1.165) is 6.26 Å². The Morgan fingerprint density at radius 2 is 1.92 bits per heavy atom. The van der Waals surface area contributed by atoms with E-state index in [1.54, 1.807) is 24.3 Å². The van der Waals surface area contributed by atoms with E-state index in [1.165, 1.54) is 0 Å². The molecule has 0 N–H and O–H groups in total. The Morgan fingerprint density at radius 3 is 2.46 bits per heavy atom. The molecule has 0 saturated heterocycles. The molecule has 1 aromatic rings. The fraction of sp³-hybridized carbons (Fsp3) is 0.